The van der Waals surface area contributed by atoms with Gasteiger partial charge in [0.1, 0.15) is 6.29 Å². The van der Waals surface area contributed by atoms with Gasteiger partial charge in [0, 0.05) is 18.8 Å². The number of carbonyl (C=O) groups is 1. The van der Waals surface area contributed by atoms with E-state index in [1.165, 1.54) is 0 Å². The minimum absolute atomic E-state index is 0.0384. The summed E-state index contributed by atoms with van der Waals surface area (Å²) in [6, 6.07) is 8.53. The molecule has 0 amide bonds. The highest BCUT2D eigenvalue weighted by molar-refractivity contribution is 7.91. The lowest BCUT2D eigenvalue weighted by Crippen LogP contribution is -2.48. The van der Waals surface area contributed by atoms with Gasteiger partial charge in [0.05, 0.1) is 35.6 Å². The van der Waals surface area contributed by atoms with Crippen LogP contribution in [0.4, 0.5) is 0 Å². The molecule has 1 saturated heterocycles. The fourth-order valence-electron chi connectivity index (χ4n) is 4.42. The third-order valence-corrected chi connectivity index (χ3v) is 20.0. The van der Waals surface area contributed by atoms with E-state index in [0.29, 0.717) is 17.9 Å². The van der Waals surface area contributed by atoms with Crippen molar-refractivity contribution in [3.63, 3.8) is 0 Å². The molecule has 218 valence electrons. The molecule has 0 saturated carbocycles. The van der Waals surface area contributed by atoms with Gasteiger partial charge >= 0.3 is 0 Å². The monoisotopic (exact) mass is 584 g/mol. The lowest BCUT2D eigenvalue weighted by atomic mass is 9.87. The minimum atomic E-state index is -3.51. The molecule has 1 aromatic rings. The summed E-state index contributed by atoms with van der Waals surface area (Å²) in [6.07, 6.45) is 0.823. The molecule has 1 aliphatic rings. The zero-order valence-corrected chi connectivity index (χ0v) is 28.4. The summed E-state index contributed by atoms with van der Waals surface area (Å²) < 4.78 is 46.4. The van der Waals surface area contributed by atoms with Crippen LogP contribution in [0.15, 0.2) is 35.2 Å². The fraction of sp³-hybridized carbons (Fsp3) is 0.759. The van der Waals surface area contributed by atoms with Crippen LogP contribution in [0.25, 0.3) is 0 Å². The maximum atomic E-state index is 13.2. The van der Waals surface area contributed by atoms with Gasteiger partial charge < -0.3 is 18.4 Å². The van der Waals surface area contributed by atoms with Gasteiger partial charge in [0.15, 0.2) is 26.5 Å². The lowest BCUT2D eigenvalue weighted by molar-refractivity contribution is -0.110. The Bertz CT molecular complexity index is 1010. The lowest BCUT2D eigenvalue weighted by Gasteiger charge is -2.42. The van der Waals surface area contributed by atoms with E-state index >= 15 is 0 Å². The van der Waals surface area contributed by atoms with Crippen molar-refractivity contribution in [1.82, 2.24) is 0 Å². The molecule has 6 nitrogen and oxygen atoms in total. The van der Waals surface area contributed by atoms with Crippen LogP contribution in [0.1, 0.15) is 61.3 Å². The molecule has 9 heteroatoms. The van der Waals surface area contributed by atoms with Crippen LogP contribution in [0.2, 0.25) is 36.3 Å². The molecule has 1 fully saturated rings. The highest BCUT2D eigenvalue weighted by atomic mass is 32.2. The van der Waals surface area contributed by atoms with E-state index < -0.39 is 32.6 Å². The second-order valence-corrected chi connectivity index (χ2v) is 25.6. The Hall–Kier alpha value is -0.846. The van der Waals surface area contributed by atoms with E-state index in [1.54, 1.807) is 30.3 Å². The molecule has 0 N–H and O–H groups in total. The van der Waals surface area contributed by atoms with Gasteiger partial charge in [-0.05, 0) is 54.3 Å². The van der Waals surface area contributed by atoms with Crippen molar-refractivity contribution in [2.45, 2.75) is 121 Å². The molecule has 38 heavy (non-hydrogen) atoms. The van der Waals surface area contributed by atoms with Gasteiger partial charge in [-0.3, -0.25) is 0 Å². The molecular weight excluding hydrogens is 533 g/mol. The Morgan fingerprint density at radius 3 is 2.00 bits per heavy atom. The summed E-state index contributed by atoms with van der Waals surface area (Å²) >= 11 is 0. The topological polar surface area (TPSA) is 78.9 Å². The second-order valence-electron chi connectivity index (χ2n) is 14.0. The molecule has 1 aromatic carbocycles. The molecule has 2 rings (SSSR count). The standard InChI is InChI=1S/C29H52O6SSi2/c1-22-25(21-36(31,32)24-15-13-12-14-16-24)26(17-18-30)34-27(22)19-23(35-38(10,11)29(5,6)7)20-33-37(8,9)28(2,3)4/h12-16,18,22-23,25-27H,17,19-21H2,1-11H3/t22-,23?,25-,26+,27-/m1/s1. The van der Waals surface area contributed by atoms with Crippen LogP contribution >= 0.6 is 0 Å². The quantitative estimate of drug-likeness (QED) is 0.197. The molecule has 1 unspecified atom stereocenters. The van der Waals surface area contributed by atoms with Crippen molar-refractivity contribution in [2.75, 3.05) is 12.4 Å². The zero-order valence-electron chi connectivity index (χ0n) is 25.5. The first-order valence-electron chi connectivity index (χ1n) is 13.9. The Morgan fingerprint density at radius 1 is 0.947 bits per heavy atom. The highest BCUT2D eigenvalue weighted by Crippen LogP contribution is 2.42. The van der Waals surface area contributed by atoms with Crippen LogP contribution in [-0.2, 0) is 28.2 Å². The molecule has 5 atom stereocenters. The van der Waals surface area contributed by atoms with E-state index in [0.717, 1.165) is 6.29 Å². The third kappa shape index (κ3) is 8.33. The van der Waals surface area contributed by atoms with Gasteiger partial charge in [-0.25, -0.2) is 8.42 Å². The van der Waals surface area contributed by atoms with Crippen molar-refractivity contribution in [2.24, 2.45) is 11.8 Å². The van der Waals surface area contributed by atoms with Crippen molar-refractivity contribution >= 4 is 32.8 Å². The minimum Gasteiger partial charge on any atom is -0.414 e. The number of rotatable bonds is 12. The summed E-state index contributed by atoms with van der Waals surface area (Å²) in [6.45, 7) is 24.9. The van der Waals surface area contributed by atoms with Gasteiger partial charge in [-0.2, -0.15) is 0 Å². The zero-order chi connectivity index (χ0) is 29.2. The predicted octanol–water partition coefficient (Wildman–Crippen LogP) is 6.87. The highest BCUT2D eigenvalue weighted by Gasteiger charge is 2.47. The van der Waals surface area contributed by atoms with Crippen molar-refractivity contribution < 1.29 is 26.8 Å². The Kier molecular flexibility index (Phi) is 10.8. The second kappa shape index (κ2) is 12.3. The Labute approximate surface area is 234 Å². The number of sulfone groups is 1. The van der Waals surface area contributed by atoms with E-state index in [-0.39, 0.29) is 46.3 Å². The predicted molar refractivity (Wildman–Crippen MR) is 160 cm³/mol. The fourth-order valence-corrected chi connectivity index (χ4v) is 8.59. The maximum absolute atomic E-state index is 13.2. The van der Waals surface area contributed by atoms with E-state index in [1.807, 2.05) is 0 Å². The molecule has 0 spiro atoms. The summed E-state index contributed by atoms with van der Waals surface area (Å²) in [5, 5.41) is 0.119. The molecular formula is C29H52O6SSi2. The first-order valence-corrected chi connectivity index (χ1v) is 21.4. The van der Waals surface area contributed by atoms with Crippen LogP contribution in [0.5, 0.6) is 0 Å². The molecule has 1 heterocycles. The summed E-state index contributed by atoms with van der Waals surface area (Å²) in [7, 11) is -7.62. The number of carbonyl (C=O) groups excluding carboxylic acids is 1. The molecule has 1 aliphatic heterocycles. The van der Waals surface area contributed by atoms with E-state index in [2.05, 4.69) is 74.7 Å². The van der Waals surface area contributed by atoms with E-state index in [4.69, 9.17) is 13.6 Å². The SMILES string of the molecule is C[C@@H]1[C@@H](CS(=O)(=O)c2ccccc2)[C@H](CC=O)O[C@@H]1CC(CO[Si](C)(C)C(C)(C)C)O[Si](C)(C)C(C)(C)C. The molecule has 0 aliphatic carbocycles. The van der Waals surface area contributed by atoms with Crippen molar-refractivity contribution in [3.8, 4) is 0 Å². The Morgan fingerprint density at radius 2 is 1.50 bits per heavy atom. The number of benzene rings is 1. The Balaban J connectivity index is 2.29. The molecule has 0 bridgehead atoms. The maximum Gasteiger partial charge on any atom is 0.192 e. The first kappa shape index (κ1) is 33.4. The number of ether oxygens (including phenoxy) is 1. The van der Waals surface area contributed by atoms with Gasteiger partial charge in [-0.1, -0.05) is 66.7 Å². The van der Waals surface area contributed by atoms with Gasteiger partial charge in [0.25, 0.3) is 0 Å². The number of hydrogen-bond acceptors (Lipinski definition) is 6. The summed E-state index contributed by atoms with van der Waals surface area (Å²) in [4.78, 5) is 11.8. The smallest absolute Gasteiger partial charge is 0.192 e. The third-order valence-electron chi connectivity index (χ3n) is 9.13. The molecule has 0 aromatic heterocycles. The summed E-state index contributed by atoms with van der Waals surface area (Å²) in [5.74, 6) is -0.358. The van der Waals surface area contributed by atoms with Crippen LogP contribution in [0.3, 0.4) is 0 Å². The van der Waals surface area contributed by atoms with Crippen molar-refractivity contribution in [1.29, 1.82) is 0 Å². The average molecular weight is 585 g/mol. The van der Waals surface area contributed by atoms with Crippen LogP contribution in [0, 0.1) is 11.8 Å². The number of aldehydes is 1. The van der Waals surface area contributed by atoms with Crippen LogP contribution in [-0.4, -0.2) is 62.0 Å². The van der Waals surface area contributed by atoms with Crippen molar-refractivity contribution in [3.05, 3.63) is 30.3 Å². The first-order chi connectivity index (χ1) is 17.2. The number of hydrogen-bond donors (Lipinski definition) is 0. The normalized spacial score (nSPS) is 24.4. The van der Waals surface area contributed by atoms with Gasteiger partial charge in [-0.15, -0.1) is 0 Å². The average Bonchev–Trinajstić information content (AvgIpc) is 3.05. The van der Waals surface area contributed by atoms with Gasteiger partial charge in [0.2, 0.25) is 0 Å². The summed E-state index contributed by atoms with van der Waals surface area (Å²) in [5.41, 5.74) is 0. The van der Waals surface area contributed by atoms with Crippen LogP contribution < -0.4 is 0 Å². The van der Waals surface area contributed by atoms with E-state index in [9.17, 15) is 13.2 Å². The molecule has 0 radical (unpaired) electrons. The largest absolute Gasteiger partial charge is 0.414 e.